The van der Waals surface area contributed by atoms with Crippen molar-refractivity contribution in [3.63, 3.8) is 0 Å². The lowest BCUT2D eigenvalue weighted by molar-refractivity contribution is 0.233. The van der Waals surface area contributed by atoms with Crippen molar-refractivity contribution in [2.45, 2.75) is 13.5 Å². The summed E-state index contributed by atoms with van der Waals surface area (Å²) in [5.41, 5.74) is 1.01. The first-order valence-electron chi connectivity index (χ1n) is 4.92. The molecule has 0 spiro atoms. The average molecular weight is 274 g/mol. The van der Waals surface area contributed by atoms with Gasteiger partial charge in [-0.05, 0) is 29.7 Å². The number of benzene rings is 1. The van der Waals surface area contributed by atoms with E-state index in [-0.39, 0.29) is 18.3 Å². The number of hydrogen-bond acceptors (Lipinski definition) is 3. The maximum absolute atomic E-state index is 9.30. The number of nitrogens with one attached hydrogen (secondary N) is 1. The third-order valence-electron chi connectivity index (χ3n) is 2.15. The van der Waals surface area contributed by atoms with Crippen molar-refractivity contribution in [1.29, 1.82) is 0 Å². The van der Waals surface area contributed by atoms with Crippen LogP contribution in [0.1, 0.15) is 12.5 Å². The van der Waals surface area contributed by atoms with Crippen molar-refractivity contribution in [3.8, 4) is 5.75 Å². The second kappa shape index (κ2) is 6.10. The number of aliphatic hydroxyl groups excluding tert-OH is 1. The van der Waals surface area contributed by atoms with Crippen LogP contribution >= 0.6 is 15.9 Å². The van der Waals surface area contributed by atoms with Gasteiger partial charge in [0, 0.05) is 24.2 Å². The highest BCUT2D eigenvalue weighted by molar-refractivity contribution is 9.10. The summed E-state index contributed by atoms with van der Waals surface area (Å²) in [7, 11) is 0. The molecule has 0 radical (unpaired) electrons. The zero-order chi connectivity index (χ0) is 11.3. The first kappa shape index (κ1) is 12.5. The lowest BCUT2D eigenvalue weighted by Crippen LogP contribution is -2.22. The van der Waals surface area contributed by atoms with Crippen LogP contribution in [0, 0.1) is 5.92 Å². The molecule has 0 amide bonds. The maximum Gasteiger partial charge on any atom is 0.115 e. The molecule has 1 unspecified atom stereocenters. The predicted molar refractivity (Wildman–Crippen MR) is 63.8 cm³/mol. The Balaban J connectivity index is 2.46. The fraction of sp³-hybridized carbons (Fsp3) is 0.455. The third kappa shape index (κ3) is 4.20. The minimum atomic E-state index is 0.189. The lowest BCUT2D eigenvalue weighted by atomic mass is 10.2. The van der Waals surface area contributed by atoms with Crippen LogP contribution < -0.4 is 5.32 Å². The van der Waals surface area contributed by atoms with E-state index >= 15 is 0 Å². The Bertz CT molecular complexity index is 317. The van der Waals surface area contributed by atoms with Crippen molar-refractivity contribution >= 4 is 15.9 Å². The minimum absolute atomic E-state index is 0.189. The van der Waals surface area contributed by atoms with Gasteiger partial charge < -0.3 is 15.5 Å². The molecule has 0 saturated heterocycles. The third-order valence-corrected chi connectivity index (χ3v) is 2.92. The number of phenolic OH excluding ortho intramolecular Hbond substituents is 1. The number of phenols is 1. The summed E-state index contributed by atoms with van der Waals surface area (Å²) in [6, 6.07) is 5.19. The van der Waals surface area contributed by atoms with Gasteiger partial charge in [0.2, 0.25) is 0 Å². The van der Waals surface area contributed by atoms with Crippen molar-refractivity contribution in [2.75, 3.05) is 13.2 Å². The van der Waals surface area contributed by atoms with Gasteiger partial charge in [0.1, 0.15) is 5.75 Å². The van der Waals surface area contributed by atoms with E-state index in [2.05, 4.69) is 21.2 Å². The largest absolute Gasteiger partial charge is 0.508 e. The molecule has 1 aromatic carbocycles. The van der Waals surface area contributed by atoms with Gasteiger partial charge in [0.05, 0.1) is 0 Å². The van der Waals surface area contributed by atoms with E-state index in [1.807, 2.05) is 13.0 Å². The molecule has 0 aliphatic rings. The van der Waals surface area contributed by atoms with E-state index in [1.165, 1.54) is 0 Å². The molecule has 1 rings (SSSR count). The van der Waals surface area contributed by atoms with Crippen LogP contribution in [-0.2, 0) is 6.54 Å². The first-order chi connectivity index (χ1) is 7.13. The van der Waals surface area contributed by atoms with Crippen LogP contribution in [0.25, 0.3) is 0 Å². The number of hydrogen-bond donors (Lipinski definition) is 3. The molecule has 84 valence electrons. The maximum atomic E-state index is 9.30. The highest BCUT2D eigenvalue weighted by Gasteiger charge is 2.02. The fourth-order valence-electron chi connectivity index (χ4n) is 1.21. The van der Waals surface area contributed by atoms with Crippen molar-refractivity contribution in [1.82, 2.24) is 5.32 Å². The van der Waals surface area contributed by atoms with E-state index in [1.54, 1.807) is 12.1 Å². The van der Waals surface area contributed by atoms with Crippen molar-refractivity contribution in [3.05, 3.63) is 28.2 Å². The van der Waals surface area contributed by atoms with Crippen LogP contribution in [0.2, 0.25) is 0 Å². The molecular formula is C11H16BrNO2. The molecule has 0 aromatic heterocycles. The van der Waals surface area contributed by atoms with Crippen LogP contribution in [0.4, 0.5) is 0 Å². The Labute approximate surface area is 98.3 Å². The first-order valence-corrected chi connectivity index (χ1v) is 5.71. The van der Waals surface area contributed by atoms with E-state index in [9.17, 15) is 5.11 Å². The summed E-state index contributed by atoms with van der Waals surface area (Å²) >= 11 is 3.41. The van der Waals surface area contributed by atoms with Gasteiger partial charge in [-0.25, -0.2) is 0 Å². The van der Waals surface area contributed by atoms with Gasteiger partial charge in [-0.3, -0.25) is 0 Å². The van der Waals surface area contributed by atoms with Gasteiger partial charge in [-0.15, -0.1) is 0 Å². The summed E-state index contributed by atoms with van der Waals surface area (Å²) < 4.78 is 0.976. The average Bonchev–Trinajstić information content (AvgIpc) is 2.23. The Morgan fingerprint density at radius 1 is 1.47 bits per heavy atom. The SMILES string of the molecule is CC(CO)CNCc1cc(O)ccc1Br. The molecule has 0 aliphatic carbocycles. The number of aliphatic hydroxyl groups is 1. The lowest BCUT2D eigenvalue weighted by Gasteiger charge is -2.10. The molecule has 3 N–H and O–H groups in total. The van der Waals surface area contributed by atoms with Crippen LogP contribution in [0.15, 0.2) is 22.7 Å². The molecule has 0 saturated carbocycles. The Morgan fingerprint density at radius 2 is 2.20 bits per heavy atom. The molecule has 0 heterocycles. The van der Waals surface area contributed by atoms with E-state index in [4.69, 9.17) is 5.11 Å². The second-order valence-corrected chi connectivity index (χ2v) is 4.55. The predicted octanol–water partition coefficient (Wildman–Crippen LogP) is 1.87. The quantitative estimate of drug-likeness (QED) is 0.768. The highest BCUT2D eigenvalue weighted by atomic mass is 79.9. The van der Waals surface area contributed by atoms with E-state index < -0.39 is 0 Å². The van der Waals surface area contributed by atoms with Crippen molar-refractivity contribution in [2.24, 2.45) is 5.92 Å². The van der Waals surface area contributed by atoms with Crippen LogP contribution in [0.3, 0.4) is 0 Å². The Kier molecular flexibility index (Phi) is 5.08. The molecule has 0 aliphatic heterocycles. The summed E-state index contributed by atoms with van der Waals surface area (Å²) in [4.78, 5) is 0. The Hall–Kier alpha value is -0.580. The number of aromatic hydroxyl groups is 1. The normalized spacial score (nSPS) is 12.7. The topological polar surface area (TPSA) is 52.5 Å². The van der Waals surface area contributed by atoms with Gasteiger partial charge in [0.25, 0.3) is 0 Å². The zero-order valence-corrected chi connectivity index (χ0v) is 10.3. The van der Waals surface area contributed by atoms with Gasteiger partial charge in [-0.1, -0.05) is 22.9 Å². The molecule has 1 atom stereocenters. The monoisotopic (exact) mass is 273 g/mol. The van der Waals surface area contributed by atoms with Crippen LogP contribution in [-0.4, -0.2) is 23.4 Å². The van der Waals surface area contributed by atoms with Gasteiger partial charge >= 0.3 is 0 Å². The fourth-order valence-corrected chi connectivity index (χ4v) is 1.60. The molecule has 15 heavy (non-hydrogen) atoms. The van der Waals surface area contributed by atoms with E-state index in [0.717, 1.165) is 16.6 Å². The number of rotatable bonds is 5. The smallest absolute Gasteiger partial charge is 0.115 e. The summed E-state index contributed by atoms with van der Waals surface area (Å²) in [6.07, 6.45) is 0. The minimum Gasteiger partial charge on any atom is -0.508 e. The molecular weight excluding hydrogens is 258 g/mol. The second-order valence-electron chi connectivity index (χ2n) is 3.69. The summed E-state index contributed by atoms with van der Waals surface area (Å²) in [5, 5.41) is 21.4. The summed E-state index contributed by atoms with van der Waals surface area (Å²) in [6.45, 7) is 3.61. The molecule has 0 fully saturated rings. The molecule has 0 bridgehead atoms. The van der Waals surface area contributed by atoms with E-state index in [0.29, 0.717) is 6.54 Å². The molecule has 3 nitrogen and oxygen atoms in total. The standard InChI is InChI=1S/C11H16BrNO2/c1-8(7-14)5-13-6-9-4-10(15)2-3-11(9)12/h2-4,8,13-15H,5-7H2,1H3. The van der Waals surface area contributed by atoms with Gasteiger partial charge in [-0.2, -0.15) is 0 Å². The molecule has 1 aromatic rings. The number of halogens is 1. The van der Waals surface area contributed by atoms with Crippen LogP contribution in [0.5, 0.6) is 5.75 Å². The molecule has 4 heteroatoms. The Morgan fingerprint density at radius 3 is 2.87 bits per heavy atom. The highest BCUT2D eigenvalue weighted by Crippen LogP contribution is 2.21. The van der Waals surface area contributed by atoms with Crippen molar-refractivity contribution < 1.29 is 10.2 Å². The summed E-state index contributed by atoms with van der Waals surface area (Å²) in [5.74, 6) is 0.520. The zero-order valence-electron chi connectivity index (χ0n) is 8.70. The van der Waals surface area contributed by atoms with Gasteiger partial charge in [0.15, 0.2) is 0 Å².